The Labute approximate surface area is 154 Å². The Morgan fingerprint density at radius 3 is 2.70 bits per heavy atom. The molecule has 27 heavy (non-hydrogen) atoms. The van der Waals surface area contributed by atoms with Crippen LogP contribution in [0.4, 0.5) is 0 Å². The van der Waals surface area contributed by atoms with Crippen molar-refractivity contribution in [3.63, 3.8) is 0 Å². The highest BCUT2D eigenvalue weighted by atomic mass is 16.2. The van der Waals surface area contributed by atoms with E-state index < -0.39 is 0 Å². The summed E-state index contributed by atoms with van der Waals surface area (Å²) in [5.41, 5.74) is 2.20. The number of imidazole rings is 1. The fourth-order valence-corrected chi connectivity index (χ4v) is 2.91. The molecule has 1 amide bonds. The number of hydrogen-bond acceptors (Lipinski definition) is 5. The van der Waals surface area contributed by atoms with Crippen LogP contribution in [0.3, 0.4) is 0 Å². The van der Waals surface area contributed by atoms with Crippen molar-refractivity contribution >= 4 is 27.8 Å². The van der Waals surface area contributed by atoms with E-state index in [-0.39, 0.29) is 24.4 Å². The number of aromatic amines is 1. The smallest absolute Gasteiger partial charge is 0.277 e. The molecule has 0 radical (unpaired) electrons. The summed E-state index contributed by atoms with van der Waals surface area (Å²) >= 11 is 0. The maximum atomic E-state index is 12.3. The maximum absolute atomic E-state index is 12.3. The van der Waals surface area contributed by atoms with E-state index in [0.717, 1.165) is 16.9 Å². The van der Waals surface area contributed by atoms with Crippen molar-refractivity contribution in [2.45, 2.75) is 19.4 Å². The molecule has 2 N–H and O–H groups in total. The predicted molar refractivity (Wildman–Crippen MR) is 101 cm³/mol. The summed E-state index contributed by atoms with van der Waals surface area (Å²) < 4.78 is 1.22. The molecule has 0 bridgehead atoms. The van der Waals surface area contributed by atoms with Crippen LogP contribution in [0.2, 0.25) is 0 Å². The van der Waals surface area contributed by atoms with Gasteiger partial charge in [0.05, 0.1) is 23.0 Å². The van der Waals surface area contributed by atoms with Gasteiger partial charge in [-0.05, 0) is 24.3 Å². The van der Waals surface area contributed by atoms with Crippen molar-refractivity contribution in [1.29, 1.82) is 0 Å². The molecule has 0 atom stereocenters. The maximum Gasteiger partial charge on any atom is 0.277 e. The molecule has 8 heteroatoms. The molecule has 0 saturated heterocycles. The van der Waals surface area contributed by atoms with E-state index in [1.807, 2.05) is 24.3 Å². The first kappa shape index (κ1) is 16.9. The van der Waals surface area contributed by atoms with Crippen molar-refractivity contribution in [3.8, 4) is 0 Å². The number of amides is 1. The van der Waals surface area contributed by atoms with E-state index in [0.29, 0.717) is 23.9 Å². The van der Waals surface area contributed by atoms with Gasteiger partial charge in [0.2, 0.25) is 5.91 Å². The summed E-state index contributed by atoms with van der Waals surface area (Å²) in [4.78, 5) is 32.1. The molecule has 8 nitrogen and oxygen atoms in total. The summed E-state index contributed by atoms with van der Waals surface area (Å²) in [6.07, 6.45) is 0.767. The second-order valence-corrected chi connectivity index (χ2v) is 6.19. The number of nitrogens with zero attached hydrogens (tertiary/aromatic N) is 4. The van der Waals surface area contributed by atoms with E-state index in [4.69, 9.17) is 0 Å². The molecule has 4 rings (SSSR count). The lowest BCUT2D eigenvalue weighted by molar-refractivity contribution is -0.121. The third-order valence-corrected chi connectivity index (χ3v) is 4.30. The first-order chi connectivity index (χ1) is 13.2. The van der Waals surface area contributed by atoms with Crippen LogP contribution in [-0.2, 0) is 17.8 Å². The lowest BCUT2D eigenvalue weighted by Crippen LogP contribution is -2.30. The Morgan fingerprint density at radius 1 is 1.07 bits per heavy atom. The van der Waals surface area contributed by atoms with Crippen LogP contribution in [0, 0.1) is 0 Å². The van der Waals surface area contributed by atoms with Gasteiger partial charge in [-0.3, -0.25) is 9.59 Å². The number of rotatable bonds is 6. The van der Waals surface area contributed by atoms with Gasteiger partial charge in [-0.2, -0.15) is 0 Å². The molecular formula is C19H18N6O2. The molecule has 2 aromatic carbocycles. The topological polar surface area (TPSA) is 106 Å². The van der Waals surface area contributed by atoms with Crippen molar-refractivity contribution < 1.29 is 4.79 Å². The van der Waals surface area contributed by atoms with Crippen LogP contribution < -0.4 is 10.9 Å². The molecule has 0 fully saturated rings. The van der Waals surface area contributed by atoms with Gasteiger partial charge in [-0.25, -0.2) is 9.67 Å². The number of para-hydroxylation sites is 2. The number of aromatic nitrogens is 5. The van der Waals surface area contributed by atoms with Gasteiger partial charge in [0.15, 0.2) is 0 Å². The monoisotopic (exact) mass is 362 g/mol. The molecular weight excluding hydrogens is 344 g/mol. The van der Waals surface area contributed by atoms with Crippen molar-refractivity contribution in [2.75, 3.05) is 6.54 Å². The molecule has 2 heterocycles. The first-order valence-electron chi connectivity index (χ1n) is 8.73. The second kappa shape index (κ2) is 7.36. The molecule has 0 aliphatic carbocycles. The highest BCUT2D eigenvalue weighted by molar-refractivity contribution is 5.77. The normalized spacial score (nSPS) is 11.1. The van der Waals surface area contributed by atoms with E-state index in [1.165, 1.54) is 4.68 Å². The number of carbonyl (C=O) groups excluding carboxylic acids is 1. The summed E-state index contributed by atoms with van der Waals surface area (Å²) in [6.45, 7) is 0.657. The van der Waals surface area contributed by atoms with Gasteiger partial charge in [-0.1, -0.05) is 29.5 Å². The predicted octanol–water partition coefficient (Wildman–Crippen LogP) is 1.42. The molecule has 0 aliphatic rings. The minimum atomic E-state index is -0.240. The van der Waals surface area contributed by atoms with Crippen molar-refractivity contribution in [1.82, 2.24) is 30.3 Å². The van der Waals surface area contributed by atoms with Crippen LogP contribution in [0.5, 0.6) is 0 Å². The van der Waals surface area contributed by atoms with Crippen LogP contribution in [-0.4, -0.2) is 37.4 Å². The fraction of sp³-hybridized carbons (Fsp3) is 0.211. The molecule has 2 aromatic heterocycles. The molecule has 0 spiro atoms. The number of nitrogens with one attached hydrogen (secondary N) is 2. The number of carbonyl (C=O) groups is 1. The molecule has 0 unspecified atom stereocenters. The average molecular weight is 362 g/mol. The lowest BCUT2D eigenvalue weighted by atomic mass is 10.2. The summed E-state index contributed by atoms with van der Waals surface area (Å²) in [5, 5.41) is 11.2. The molecule has 4 aromatic rings. The zero-order chi connectivity index (χ0) is 18.6. The van der Waals surface area contributed by atoms with Crippen molar-refractivity contribution in [3.05, 3.63) is 64.7 Å². The van der Waals surface area contributed by atoms with E-state index in [1.54, 1.807) is 24.3 Å². The van der Waals surface area contributed by atoms with E-state index in [9.17, 15) is 9.59 Å². The SMILES string of the molecule is O=C(CCn1nnc2ccccc2c1=O)NCCc1nc2ccccc2[nH]1. The third kappa shape index (κ3) is 3.69. The minimum absolute atomic E-state index is 0.145. The van der Waals surface area contributed by atoms with Gasteiger partial charge < -0.3 is 10.3 Å². The Balaban J connectivity index is 1.31. The Kier molecular flexibility index (Phi) is 4.61. The Morgan fingerprint density at radius 2 is 1.85 bits per heavy atom. The largest absolute Gasteiger partial charge is 0.356 e. The minimum Gasteiger partial charge on any atom is -0.356 e. The highest BCUT2D eigenvalue weighted by Crippen LogP contribution is 2.10. The summed E-state index contributed by atoms with van der Waals surface area (Å²) in [5.74, 6) is 0.682. The van der Waals surface area contributed by atoms with Gasteiger partial charge in [0.25, 0.3) is 5.56 Å². The van der Waals surface area contributed by atoms with Crippen LogP contribution in [0.1, 0.15) is 12.2 Å². The van der Waals surface area contributed by atoms with E-state index >= 15 is 0 Å². The first-order valence-corrected chi connectivity index (χ1v) is 8.73. The standard InChI is InChI=1S/C19H18N6O2/c26-18(20-11-9-17-21-15-7-3-4-8-16(15)22-17)10-12-25-19(27)13-5-1-2-6-14(13)23-24-25/h1-8H,9-12H2,(H,20,26)(H,21,22). The average Bonchev–Trinajstić information content (AvgIpc) is 3.10. The highest BCUT2D eigenvalue weighted by Gasteiger charge is 2.08. The second-order valence-electron chi connectivity index (χ2n) is 6.19. The number of H-pyrrole nitrogens is 1. The molecule has 136 valence electrons. The zero-order valence-electron chi connectivity index (χ0n) is 14.6. The summed E-state index contributed by atoms with van der Waals surface area (Å²) in [6, 6.07) is 14.8. The third-order valence-electron chi connectivity index (χ3n) is 4.30. The Bertz CT molecular complexity index is 1130. The lowest BCUT2D eigenvalue weighted by Gasteiger charge is -2.06. The van der Waals surface area contributed by atoms with Gasteiger partial charge in [0.1, 0.15) is 11.3 Å². The van der Waals surface area contributed by atoms with Gasteiger partial charge >= 0.3 is 0 Å². The van der Waals surface area contributed by atoms with Gasteiger partial charge in [-0.15, -0.1) is 5.10 Å². The quantitative estimate of drug-likeness (QED) is 0.540. The summed E-state index contributed by atoms with van der Waals surface area (Å²) in [7, 11) is 0. The van der Waals surface area contributed by atoms with Gasteiger partial charge in [0, 0.05) is 19.4 Å². The number of hydrogen-bond donors (Lipinski definition) is 2. The van der Waals surface area contributed by atoms with Crippen molar-refractivity contribution in [2.24, 2.45) is 0 Å². The van der Waals surface area contributed by atoms with E-state index in [2.05, 4.69) is 25.6 Å². The molecule has 0 saturated carbocycles. The number of aryl methyl sites for hydroxylation is 1. The fourth-order valence-electron chi connectivity index (χ4n) is 2.91. The number of benzene rings is 2. The molecule has 0 aliphatic heterocycles. The van der Waals surface area contributed by atoms with Crippen LogP contribution in [0.15, 0.2) is 53.3 Å². The van der Waals surface area contributed by atoms with Crippen LogP contribution in [0.25, 0.3) is 21.9 Å². The Hall–Kier alpha value is -3.55. The number of fused-ring (bicyclic) bond motifs is 2. The zero-order valence-corrected chi connectivity index (χ0v) is 14.6. The van der Waals surface area contributed by atoms with Crippen LogP contribution >= 0.6 is 0 Å².